The third kappa shape index (κ3) is 3.71. The predicted octanol–water partition coefficient (Wildman–Crippen LogP) is 1.78. The minimum absolute atomic E-state index is 0.518. The number of alkyl halides is 2. The fourth-order valence-electron chi connectivity index (χ4n) is 3.16. The Morgan fingerprint density at radius 2 is 1.70 bits per heavy atom. The van der Waals surface area contributed by atoms with Crippen molar-refractivity contribution >= 4 is 22.5 Å². The number of hydrogen-bond donors (Lipinski definition) is 0. The Kier molecular flexibility index (Phi) is 4.66. The maximum Gasteiger partial charge on any atom is 0.269 e. The molecule has 2 aromatic heterocycles. The Bertz CT molecular complexity index is 1000. The molecule has 4 rings (SSSR count). The quantitative estimate of drug-likeness (QED) is 0.696. The molecule has 0 aliphatic carbocycles. The van der Waals surface area contributed by atoms with Crippen LogP contribution in [0.1, 0.15) is 0 Å². The van der Waals surface area contributed by atoms with Gasteiger partial charge in [0.25, 0.3) is 12.0 Å². The summed E-state index contributed by atoms with van der Waals surface area (Å²) in [5.41, 5.74) is 1.84. The molecule has 3 heterocycles. The molecular formula is C18H18F2N6O. The molecule has 27 heavy (non-hydrogen) atoms. The van der Waals surface area contributed by atoms with Gasteiger partial charge in [-0.2, -0.15) is 5.10 Å². The molecule has 140 valence electrons. The van der Waals surface area contributed by atoms with E-state index in [0.29, 0.717) is 31.9 Å². The van der Waals surface area contributed by atoms with E-state index in [4.69, 9.17) is 0 Å². The molecule has 1 aliphatic heterocycles. The minimum atomic E-state index is -2.60. The highest BCUT2D eigenvalue weighted by Gasteiger charge is 2.20. The smallest absolute Gasteiger partial charge is 0.269 e. The van der Waals surface area contributed by atoms with Crippen LogP contribution in [-0.2, 0) is 6.54 Å². The maximum atomic E-state index is 12.4. The van der Waals surface area contributed by atoms with Crippen LogP contribution < -0.4 is 15.4 Å². The molecule has 0 atom stereocenters. The molecule has 1 aromatic carbocycles. The van der Waals surface area contributed by atoms with Crippen molar-refractivity contribution in [3.05, 3.63) is 53.1 Å². The van der Waals surface area contributed by atoms with Gasteiger partial charge in [0.05, 0.1) is 29.1 Å². The molecule has 0 bridgehead atoms. The zero-order valence-corrected chi connectivity index (χ0v) is 14.5. The number of fused-ring (bicyclic) bond motifs is 1. The predicted molar refractivity (Wildman–Crippen MR) is 98.5 cm³/mol. The molecular weight excluding hydrogens is 354 g/mol. The van der Waals surface area contributed by atoms with Crippen LogP contribution in [0.5, 0.6) is 0 Å². The first-order valence-electron chi connectivity index (χ1n) is 8.67. The van der Waals surface area contributed by atoms with E-state index in [0.717, 1.165) is 21.5 Å². The number of nitrogens with zero attached hydrogens (tertiary/aromatic N) is 6. The lowest BCUT2D eigenvalue weighted by Crippen LogP contribution is -2.47. The second-order valence-electron chi connectivity index (χ2n) is 6.32. The number of hydrogen-bond acceptors (Lipinski definition) is 6. The Hall–Kier alpha value is -3.10. The zero-order valence-electron chi connectivity index (χ0n) is 14.5. The van der Waals surface area contributed by atoms with Crippen LogP contribution >= 0.6 is 0 Å². The number of rotatable bonds is 4. The number of aromatic nitrogens is 4. The number of para-hydroxylation sites is 2. The molecule has 1 saturated heterocycles. The van der Waals surface area contributed by atoms with E-state index in [1.165, 1.54) is 12.3 Å². The van der Waals surface area contributed by atoms with E-state index in [2.05, 4.69) is 20.0 Å². The molecule has 0 radical (unpaired) electrons. The average molecular weight is 372 g/mol. The van der Waals surface area contributed by atoms with Crippen molar-refractivity contribution in [3.8, 4) is 0 Å². The molecule has 0 unspecified atom stereocenters. The van der Waals surface area contributed by atoms with Crippen molar-refractivity contribution in [2.45, 2.75) is 13.0 Å². The van der Waals surface area contributed by atoms with Gasteiger partial charge in [-0.1, -0.05) is 12.1 Å². The largest absolute Gasteiger partial charge is 0.367 e. The summed E-state index contributed by atoms with van der Waals surface area (Å²) in [4.78, 5) is 25.2. The van der Waals surface area contributed by atoms with Gasteiger partial charge in [0, 0.05) is 32.2 Å². The zero-order chi connectivity index (χ0) is 18.8. The fourth-order valence-corrected chi connectivity index (χ4v) is 3.16. The fraction of sp³-hybridized carbons (Fsp3) is 0.333. The van der Waals surface area contributed by atoms with Crippen LogP contribution in [0.15, 0.2) is 47.5 Å². The van der Waals surface area contributed by atoms with Crippen molar-refractivity contribution in [2.75, 3.05) is 36.0 Å². The lowest BCUT2D eigenvalue weighted by Gasteiger charge is -2.36. The van der Waals surface area contributed by atoms with E-state index in [1.807, 2.05) is 29.2 Å². The SMILES string of the molecule is O=c1cc(N2CCN(c3cnc4ccccc4n3)CC2)cnn1CC(F)F. The van der Waals surface area contributed by atoms with Crippen LogP contribution in [0.2, 0.25) is 0 Å². The van der Waals surface area contributed by atoms with Gasteiger partial charge in [-0.15, -0.1) is 0 Å². The molecule has 3 aromatic rings. The van der Waals surface area contributed by atoms with Gasteiger partial charge in [-0.25, -0.2) is 18.4 Å². The Morgan fingerprint density at radius 3 is 2.41 bits per heavy atom. The van der Waals surface area contributed by atoms with Crippen molar-refractivity contribution in [2.24, 2.45) is 0 Å². The second kappa shape index (κ2) is 7.26. The maximum absolute atomic E-state index is 12.4. The lowest BCUT2D eigenvalue weighted by atomic mass is 10.2. The minimum Gasteiger partial charge on any atom is -0.367 e. The van der Waals surface area contributed by atoms with E-state index >= 15 is 0 Å². The van der Waals surface area contributed by atoms with Gasteiger partial charge in [0.2, 0.25) is 0 Å². The third-order valence-corrected chi connectivity index (χ3v) is 4.57. The monoisotopic (exact) mass is 372 g/mol. The third-order valence-electron chi connectivity index (χ3n) is 4.57. The summed E-state index contributed by atoms with van der Waals surface area (Å²) in [5, 5.41) is 3.85. The van der Waals surface area contributed by atoms with Crippen LogP contribution in [0.3, 0.4) is 0 Å². The molecule has 1 aliphatic rings. The van der Waals surface area contributed by atoms with Gasteiger partial charge < -0.3 is 9.80 Å². The summed E-state index contributed by atoms with van der Waals surface area (Å²) in [6, 6.07) is 9.08. The molecule has 0 amide bonds. The van der Waals surface area contributed by atoms with Gasteiger partial charge in [-0.05, 0) is 12.1 Å². The first-order valence-corrected chi connectivity index (χ1v) is 8.67. The Labute approximate surface area is 153 Å². The van der Waals surface area contributed by atoms with E-state index in [-0.39, 0.29) is 0 Å². The van der Waals surface area contributed by atoms with E-state index in [9.17, 15) is 13.6 Å². The van der Waals surface area contributed by atoms with Crippen molar-refractivity contribution in [3.63, 3.8) is 0 Å². The van der Waals surface area contributed by atoms with Crippen LogP contribution in [0, 0.1) is 0 Å². The number of benzene rings is 1. The first-order chi connectivity index (χ1) is 13.1. The highest BCUT2D eigenvalue weighted by Crippen LogP contribution is 2.19. The summed E-state index contributed by atoms with van der Waals surface area (Å²) >= 11 is 0. The van der Waals surface area contributed by atoms with Gasteiger partial charge in [0.1, 0.15) is 12.4 Å². The van der Waals surface area contributed by atoms with Crippen molar-refractivity contribution in [1.29, 1.82) is 0 Å². The summed E-state index contributed by atoms with van der Waals surface area (Å²) < 4.78 is 25.6. The van der Waals surface area contributed by atoms with E-state index in [1.54, 1.807) is 6.20 Å². The van der Waals surface area contributed by atoms with Crippen LogP contribution in [0.4, 0.5) is 20.3 Å². The first kappa shape index (κ1) is 17.3. The summed E-state index contributed by atoms with van der Waals surface area (Å²) in [6.07, 6.45) is 0.632. The van der Waals surface area contributed by atoms with E-state index < -0.39 is 18.5 Å². The standard InChI is InChI=1S/C18H18F2N6O/c19-16(20)12-26-18(27)9-13(10-22-26)24-5-7-25(8-6-24)17-11-21-14-3-1-2-4-15(14)23-17/h1-4,9-11,16H,5-8,12H2. The van der Waals surface area contributed by atoms with Gasteiger partial charge in [-0.3, -0.25) is 9.78 Å². The molecule has 9 heteroatoms. The highest BCUT2D eigenvalue weighted by molar-refractivity contribution is 5.75. The van der Waals surface area contributed by atoms with Crippen molar-refractivity contribution < 1.29 is 8.78 Å². The average Bonchev–Trinajstić information content (AvgIpc) is 2.69. The number of halogens is 2. The highest BCUT2D eigenvalue weighted by atomic mass is 19.3. The molecule has 0 N–H and O–H groups in total. The molecule has 0 saturated carbocycles. The Morgan fingerprint density at radius 1 is 1.00 bits per heavy atom. The van der Waals surface area contributed by atoms with Crippen LogP contribution in [-0.4, -0.2) is 52.4 Å². The van der Waals surface area contributed by atoms with Gasteiger partial charge in [0.15, 0.2) is 0 Å². The lowest BCUT2D eigenvalue weighted by molar-refractivity contribution is 0.119. The summed E-state index contributed by atoms with van der Waals surface area (Å²) in [5.74, 6) is 0.818. The Balaban J connectivity index is 1.45. The normalized spacial score (nSPS) is 14.9. The topological polar surface area (TPSA) is 67.2 Å². The summed E-state index contributed by atoms with van der Waals surface area (Å²) in [6.45, 7) is 2.09. The number of anilines is 2. The second-order valence-corrected chi connectivity index (χ2v) is 6.32. The molecule has 1 fully saturated rings. The van der Waals surface area contributed by atoms with Crippen LogP contribution in [0.25, 0.3) is 11.0 Å². The molecule has 0 spiro atoms. The molecule has 7 nitrogen and oxygen atoms in total. The number of piperazine rings is 1. The summed E-state index contributed by atoms with van der Waals surface area (Å²) in [7, 11) is 0. The van der Waals surface area contributed by atoms with Gasteiger partial charge >= 0.3 is 0 Å². The van der Waals surface area contributed by atoms with Crippen molar-refractivity contribution in [1.82, 2.24) is 19.7 Å².